The highest BCUT2D eigenvalue weighted by atomic mass is 16.1. The number of piperidine rings is 2. The number of carbonyl (C=O) groups excluding carboxylic acids is 1. The van der Waals surface area contributed by atoms with E-state index < -0.39 is 5.41 Å². The van der Waals surface area contributed by atoms with Crippen molar-refractivity contribution < 1.29 is 4.79 Å². The smallest absolute Gasteiger partial charge is 0.228 e. The van der Waals surface area contributed by atoms with Crippen LogP contribution in [0.3, 0.4) is 0 Å². The molecule has 3 aliphatic rings. The number of nitrogens with one attached hydrogen (secondary N) is 1. The molecule has 0 spiro atoms. The number of nitrogens with zero attached hydrogens (tertiary/aromatic N) is 7. The summed E-state index contributed by atoms with van der Waals surface area (Å²) in [6.07, 6.45) is 10.1. The molecule has 11 nitrogen and oxygen atoms in total. The van der Waals surface area contributed by atoms with Gasteiger partial charge in [-0.15, -0.1) is 0 Å². The van der Waals surface area contributed by atoms with Gasteiger partial charge >= 0.3 is 0 Å². The van der Waals surface area contributed by atoms with E-state index in [-0.39, 0.29) is 23.7 Å². The number of likely N-dealkylation sites (tertiary alicyclic amines) is 1. The standard InChI is InChI=1S/C31H44N10O/c1-21-25(37-30(34)39(2)3)9-6-16-41(21)27-20-35-26(19-32)28(38-27)36-23-12-10-22(11-13-23)31(29(33)42)14-17-40(18-15-31)24-7-4-5-8-24/h10-13,20-21,24-25H,4-9,14-18H2,1-3H3,(H2,33,42)(H2,34,37)(H,36,38)/t21-,25-/m1/s1. The van der Waals surface area contributed by atoms with Gasteiger partial charge in [-0.3, -0.25) is 4.79 Å². The fourth-order valence-corrected chi connectivity index (χ4v) is 6.82. The molecule has 0 unspecified atom stereocenters. The average Bonchev–Trinajstić information content (AvgIpc) is 3.54. The summed E-state index contributed by atoms with van der Waals surface area (Å²) in [6.45, 7) is 4.72. The van der Waals surface area contributed by atoms with Crippen molar-refractivity contribution in [1.82, 2.24) is 19.8 Å². The lowest BCUT2D eigenvalue weighted by Crippen LogP contribution is -2.52. The fourth-order valence-electron chi connectivity index (χ4n) is 6.82. The number of primary amides is 1. The number of rotatable bonds is 7. The summed E-state index contributed by atoms with van der Waals surface area (Å²) in [7, 11) is 3.77. The van der Waals surface area contributed by atoms with E-state index in [0.717, 1.165) is 56.6 Å². The third-order valence-electron chi connectivity index (χ3n) is 9.53. The van der Waals surface area contributed by atoms with E-state index in [1.54, 1.807) is 6.20 Å². The summed E-state index contributed by atoms with van der Waals surface area (Å²) in [4.78, 5) is 33.3. The Bertz CT molecular complexity index is 1320. The molecule has 1 aromatic carbocycles. The topological polar surface area (TPSA) is 153 Å². The normalized spacial score (nSPS) is 23.4. The number of amides is 1. The zero-order chi connectivity index (χ0) is 29.9. The lowest BCUT2D eigenvalue weighted by Gasteiger charge is -2.42. The van der Waals surface area contributed by atoms with E-state index in [9.17, 15) is 10.1 Å². The molecule has 2 aromatic rings. The van der Waals surface area contributed by atoms with Crippen LogP contribution in [0.5, 0.6) is 0 Å². The largest absolute Gasteiger partial charge is 0.370 e. The molecule has 2 atom stereocenters. The second kappa shape index (κ2) is 12.5. The van der Waals surface area contributed by atoms with Crippen LogP contribution in [0, 0.1) is 11.3 Å². The van der Waals surface area contributed by atoms with Gasteiger partial charge in [-0.2, -0.15) is 5.26 Å². The van der Waals surface area contributed by atoms with Crippen molar-refractivity contribution in [3.63, 3.8) is 0 Å². The maximum atomic E-state index is 12.8. The lowest BCUT2D eigenvalue weighted by molar-refractivity contribution is -0.125. The van der Waals surface area contributed by atoms with Crippen LogP contribution < -0.4 is 21.7 Å². The first-order valence-electron chi connectivity index (χ1n) is 15.2. The maximum Gasteiger partial charge on any atom is 0.228 e. The minimum absolute atomic E-state index is 0.0325. The molecule has 224 valence electrons. The molecule has 1 amide bonds. The molecule has 42 heavy (non-hydrogen) atoms. The Morgan fingerprint density at radius 3 is 2.40 bits per heavy atom. The quantitative estimate of drug-likeness (QED) is 0.336. The number of nitrogens with two attached hydrogens (primary N) is 2. The van der Waals surface area contributed by atoms with Crippen LogP contribution in [0.15, 0.2) is 35.5 Å². The minimum atomic E-state index is -0.662. The number of benzene rings is 1. The predicted molar refractivity (Wildman–Crippen MR) is 166 cm³/mol. The molecule has 3 fully saturated rings. The van der Waals surface area contributed by atoms with Gasteiger partial charge < -0.3 is 31.5 Å². The Balaban J connectivity index is 1.32. The number of hydrogen-bond donors (Lipinski definition) is 3. The second-order valence-electron chi connectivity index (χ2n) is 12.2. The SMILES string of the molecule is C[C@@H]1[C@H](N=C(N)N(C)C)CCCN1c1cnc(C#N)c(Nc2ccc(C3(C(N)=O)CCN(C4CCCC4)CC3)cc2)n1. The molecule has 2 saturated heterocycles. The highest BCUT2D eigenvalue weighted by Gasteiger charge is 2.43. The first-order chi connectivity index (χ1) is 20.2. The summed E-state index contributed by atoms with van der Waals surface area (Å²) in [6, 6.07) is 10.7. The number of nitriles is 1. The average molecular weight is 573 g/mol. The van der Waals surface area contributed by atoms with Crippen LogP contribution in [0.2, 0.25) is 0 Å². The van der Waals surface area contributed by atoms with E-state index in [1.165, 1.54) is 25.7 Å². The van der Waals surface area contributed by atoms with Crippen molar-refractivity contribution >= 4 is 29.2 Å². The number of aromatic nitrogens is 2. The van der Waals surface area contributed by atoms with Gasteiger partial charge in [-0.25, -0.2) is 15.0 Å². The second-order valence-corrected chi connectivity index (χ2v) is 12.2. The van der Waals surface area contributed by atoms with E-state index in [0.29, 0.717) is 23.6 Å². The van der Waals surface area contributed by atoms with Gasteiger partial charge in [0.25, 0.3) is 0 Å². The van der Waals surface area contributed by atoms with Crippen molar-refractivity contribution in [2.24, 2.45) is 16.5 Å². The Morgan fingerprint density at radius 1 is 1.10 bits per heavy atom. The minimum Gasteiger partial charge on any atom is -0.370 e. The van der Waals surface area contributed by atoms with Crippen molar-refractivity contribution in [2.45, 2.75) is 81.8 Å². The fraction of sp³-hybridized carbons (Fsp3) is 0.581. The molecule has 1 aromatic heterocycles. The van der Waals surface area contributed by atoms with Gasteiger partial charge in [-0.1, -0.05) is 25.0 Å². The van der Waals surface area contributed by atoms with E-state index in [1.807, 2.05) is 43.3 Å². The molecule has 1 aliphatic carbocycles. The summed E-state index contributed by atoms with van der Waals surface area (Å²) in [5.74, 6) is 1.32. The highest BCUT2D eigenvalue weighted by molar-refractivity contribution is 5.87. The highest BCUT2D eigenvalue weighted by Crippen LogP contribution is 2.38. The molecule has 0 bridgehead atoms. The number of hydrogen-bond acceptors (Lipinski definition) is 8. The number of anilines is 3. The van der Waals surface area contributed by atoms with E-state index >= 15 is 0 Å². The van der Waals surface area contributed by atoms with E-state index in [2.05, 4.69) is 33.1 Å². The van der Waals surface area contributed by atoms with Gasteiger partial charge in [-0.05, 0) is 76.2 Å². The van der Waals surface area contributed by atoms with Crippen LogP contribution in [-0.2, 0) is 10.2 Å². The number of guanidine groups is 1. The molecule has 5 N–H and O–H groups in total. The molecular formula is C31H44N10O. The number of aliphatic imine (C=N–C) groups is 1. The van der Waals surface area contributed by atoms with E-state index in [4.69, 9.17) is 21.4 Å². The summed E-state index contributed by atoms with van der Waals surface area (Å²) in [5.41, 5.74) is 13.4. The lowest BCUT2D eigenvalue weighted by atomic mass is 9.72. The maximum absolute atomic E-state index is 12.8. The van der Waals surface area contributed by atoms with Gasteiger partial charge in [0.15, 0.2) is 17.5 Å². The van der Waals surface area contributed by atoms with Crippen LogP contribution >= 0.6 is 0 Å². The van der Waals surface area contributed by atoms with Gasteiger partial charge in [0, 0.05) is 32.4 Å². The summed E-state index contributed by atoms with van der Waals surface area (Å²) < 4.78 is 0. The molecule has 2 aliphatic heterocycles. The van der Waals surface area contributed by atoms with Gasteiger partial charge in [0.2, 0.25) is 5.91 Å². The van der Waals surface area contributed by atoms with Crippen LogP contribution in [0.1, 0.15) is 69.5 Å². The van der Waals surface area contributed by atoms with Crippen molar-refractivity contribution in [3.8, 4) is 6.07 Å². The van der Waals surface area contributed by atoms with Crippen LogP contribution in [0.4, 0.5) is 17.3 Å². The monoisotopic (exact) mass is 572 g/mol. The van der Waals surface area contributed by atoms with Gasteiger partial charge in [0.1, 0.15) is 11.9 Å². The third kappa shape index (κ3) is 6.00. The first-order valence-corrected chi connectivity index (χ1v) is 15.2. The molecule has 1 saturated carbocycles. The Morgan fingerprint density at radius 2 is 1.79 bits per heavy atom. The molecular weight excluding hydrogens is 528 g/mol. The zero-order valence-electron chi connectivity index (χ0n) is 25.1. The zero-order valence-corrected chi connectivity index (χ0v) is 25.1. The van der Waals surface area contributed by atoms with Crippen LogP contribution in [-0.4, -0.2) is 83.5 Å². The Kier molecular flexibility index (Phi) is 8.82. The Hall–Kier alpha value is -3.91. The Labute approximate surface area is 249 Å². The summed E-state index contributed by atoms with van der Waals surface area (Å²) in [5, 5.41) is 13.0. The van der Waals surface area contributed by atoms with Crippen molar-refractivity contribution in [3.05, 3.63) is 41.7 Å². The molecule has 3 heterocycles. The molecule has 11 heteroatoms. The molecule has 0 radical (unpaired) electrons. The third-order valence-corrected chi connectivity index (χ3v) is 9.53. The van der Waals surface area contributed by atoms with Gasteiger partial charge in [0.05, 0.1) is 23.7 Å². The van der Waals surface area contributed by atoms with Crippen LogP contribution in [0.25, 0.3) is 0 Å². The summed E-state index contributed by atoms with van der Waals surface area (Å²) >= 11 is 0. The number of carbonyl (C=O) groups is 1. The van der Waals surface area contributed by atoms with Crippen molar-refractivity contribution in [1.29, 1.82) is 5.26 Å². The van der Waals surface area contributed by atoms with Crippen molar-refractivity contribution in [2.75, 3.05) is 43.9 Å². The first kappa shape index (κ1) is 29.6. The molecule has 5 rings (SSSR count). The predicted octanol–water partition coefficient (Wildman–Crippen LogP) is 3.09.